The van der Waals surface area contributed by atoms with Gasteiger partial charge in [0.15, 0.2) is 0 Å². The van der Waals surface area contributed by atoms with E-state index in [1.807, 2.05) is 6.92 Å². The molecule has 0 radical (unpaired) electrons. The first-order chi connectivity index (χ1) is 7.70. The molecule has 0 saturated carbocycles. The van der Waals surface area contributed by atoms with Crippen molar-refractivity contribution in [2.24, 2.45) is 0 Å². The Balaban J connectivity index is 1.85. The molecule has 16 heavy (non-hydrogen) atoms. The van der Waals surface area contributed by atoms with Crippen LogP contribution in [-0.4, -0.2) is 67.4 Å². The zero-order chi connectivity index (χ0) is 11.5. The topological polar surface area (TPSA) is 42.0 Å². The van der Waals surface area contributed by atoms with E-state index in [-0.39, 0.29) is 6.10 Å². The number of carbonyl (C=O) groups excluding carboxylic acids is 1. The van der Waals surface area contributed by atoms with Gasteiger partial charge in [-0.15, -0.1) is 0 Å². The highest BCUT2D eigenvalue weighted by atomic mass is 16.7. The minimum Gasteiger partial charge on any atom is -0.435 e. The van der Waals surface area contributed by atoms with Crippen molar-refractivity contribution in [3.63, 3.8) is 0 Å². The van der Waals surface area contributed by atoms with E-state index in [1.165, 1.54) is 0 Å². The third-order valence-corrected chi connectivity index (χ3v) is 3.41. The fourth-order valence-corrected chi connectivity index (χ4v) is 2.49. The van der Waals surface area contributed by atoms with Gasteiger partial charge in [-0.3, -0.25) is 9.80 Å². The molecule has 3 fully saturated rings. The first-order valence-electron chi connectivity index (χ1n) is 6.00. The Morgan fingerprint density at radius 1 is 1.38 bits per heavy atom. The number of carbonyl (C=O) groups is 1. The predicted molar refractivity (Wildman–Crippen MR) is 59.4 cm³/mol. The molecule has 2 bridgehead atoms. The quantitative estimate of drug-likeness (QED) is 0.660. The monoisotopic (exact) mass is 228 g/mol. The highest BCUT2D eigenvalue weighted by Crippen LogP contribution is 2.19. The fourth-order valence-electron chi connectivity index (χ4n) is 2.49. The molecule has 0 aromatic rings. The standard InChI is InChI=1S/C11H20N2O3/c1-3-15-11(14)16-9(2)10-8-12-4-6-13(10)7-5-12/h9-10H,3-8H2,1-2H3. The predicted octanol–water partition coefficient (Wildman–Crippen LogP) is 0.548. The maximum atomic E-state index is 11.2. The van der Waals surface area contributed by atoms with Gasteiger partial charge >= 0.3 is 6.16 Å². The van der Waals surface area contributed by atoms with Crippen molar-refractivity contribution in [1.82, 2.24) is 9.80 Å². The number of rotatable bonds is 3. The van der Waals surface area contributed by atoms with Crippen LogP contribution in [0.25, 0.3) is 0 Å². The number of fused-ring (bicyclic) bond motifs is 3. The Morgan fingerprint density at radius 3 is 2.56 bits per heavy atom. The van der Waals surface area contributed by atoms with E-state index in [4.69, 9.17) is 9.47 Å². The van der Waals surface area contributed by atoms with Gasteiger partial charge in [0.05, 0.1) is 12.6 Å². The molecule has 3 rings (SSSR count). The number of nitrogens with zero attached hydrogens (tertiary/aromatic N) is 2. The van der Waals surface area contributed by atoms with Crippen molar-refractivity contribution in [2.45, 2.75) is 26.0 Å². The van der Waals surface area contributed by atoms with Crippen LogP contribution in [0, 0.1) is 0 Å². The van der Waals surface area contributed by atoms with Crippen LogP contribution in [0.1, 0.15) is 13.8 Å². The van der Waals surface area contributed by atoms with Gasteiger partial charge in [0, 0.05) is 32.7 Å². The third kappa shape index (κ3) is 2.47. The molecular formula is C11H20N2O3. The van der Waals surface area contributed by atoms with Crippen LogP contribution < -0.4 is 0 Å². The van der Waals surface area contributed by atoms with Gasteiger partial charge in [-0.1, -0.05) is 0 Å². The number of hydrogen-bond donors (Lipinski definition) is 0. The van der Waals surface area contributed by atoms with E-state index in [0.29, 0.717) is 12.6 Å². The molecule has 0 aliphatic carbocycles. The van der Waals surface area contributed by atoms with Crippen LogP contribution in [0.3, 0.4) is 0 Å². The van der Waals surface area contributed by atoms with Gasteiger partial charge in [0.2, 0.25) is 0 Å². The smallest absolute Gasteiger partial charge is 0.435 e. The second-order valence-electron chi connectivity index (χ2n) is 4.41. The summed E-state index contributed by atoms with van der Waals surface area (Å²) < 4.78 is 10.0. The Labute approximate surface area is 96.3 Å². The van der Waals surface area contributed by atoms with Crippen LogP contribution >= 0.6 is 0 Å². The summed E-state index contributed by atoms with van der Waals surface area (Å²) in [5.74, 6) is 0. The summed E-state index contributed by atoms with van der Waals surface area (Å²) in [5.41, 5.74) is 0. The van der Waals surface area contributed by atoms with E-state index in [2.05, 4.69) is 9.80 Å². The van der Waals surface area contributed by atoms with Crippen molar-refractivity contribution in [1.29, 1.82) is 0 Å². The molecule has 0 N–H and O–H groups in total. The molecule has 2 atom stereocenters. The maximum absolute atomic E-state index is 11.2. The van der Waals surface area contributed by atoms with Crippen molar-refractivity contribution >= 4 is 6.16 Å². The molecule has 0 amide bonds. The molecule has 3 heterocycles. The molecule has 3 saturated heterocycles. The minimum absolute atomic E-state index is 0.0952. The fraction of sp³-hybridized carbons (Fsp3) is 0.909. The average Bonchev–Trinajstić information content (AvgIpc) is 2.30. The molecule has 3 aliphatic heterocycles. The zero-order valence-corrected chi connectivity index (χ0v) is 10.0. The van der Waals surface area contributed by atoms with Crippen LogP contribution in [0.15, 0.2) is 0 Å². The minimum atomic E-state index is -0.548. The summed E-state index contributed by atoms with van der Waals surface area (Å²) in [6.07, 6.45) is -0.644. The number of ether oxygens (including phenoxy) is 2. The van der Waals surface area contributed by atoms with E-state index in [1.54, 1.807) is 6.92 Å². The summed E-state index contributed by atoms with van der Waals surface area (Å²) in [4.78, 5) is 16.1. The van der Waals surface area contributed by atoms with Crippen molar-refractivity contribution in [3.05, 3.63) is 0 Å². The highest BCUT2D eigenvalue weighted by Gasteiger charge is 2.36. The Bertz CT molecular complexity index is 252. The van der Waals surface area contributed by atoms with E-state index >= 15 is 0 Å². The van der Waals surface area contributed by atoms with Crippen molar-refractivity contribution in [2.75, 3.05) is 39.3 Å². The van der Waals surface area contributed by atoms with Crippen LogP contribution in [-0.2, 0) is 9.47 Å². The van der Waals surface area contributed by atoms with Crippen LogP contribution in [0.2, 0.25) is 0 Å². The molecule has 2 unspecified atom stereocenters. The Hall–Kier alpha value is -0.810. The van der Waals surface area contributed by atoms with E-state index < -0.39 is 6.16 Å². The largest absolute Gasteiger partial charge is 0.508 e. The van der Waals surface area contributed by atoms with Gasteiger partial charge < -0.3 is 9.47 Å². The van der Waals surface area contributed by atoms with Gasteiger partial charge in [-0.05, 0) is 13.8 Å². The first-order valence-corrected chi connectivity index (χ1v) is 6.00. The number of hydrogen-bond acceptors (Lipinski definition) is 5. The second-order valence-corrected chi connectivity index (χ2v) is 4.41. The average molecular weight is 228 g/mol. The van der Waals surface area contributed by atoms with Gasteiger partial charge in [-0.25, -0.2) is 4.79 Å². The summed E-state index contributed by atoms with van der Waals surface area (Å²) in [5, 5.41) is 0. The lowest BCUT2D eigenvalue weighted by atomic mass is 10.0. The molecule has 0 aromatic carbocycles. The normalized spacial score (nSPS) is 34.5. The SMILES string of the molecule is CCOC(=O)OC(C)C1CN2CCN1CC2. The summed E-state index contributed by atoms with van der Waals surface area (Å²) >= 11 is 0. The van der Waals surface area contributed by atoms with Crippen LogP contribution in [0.4, 0.5) is 4.79 Å². The Kier molecular flexibility index (Phi) is 3.66. The second kappa shape index (κ2) is 5.01. The molecule has 92 valence electrons. The first kappa shape index (κ1) is 11.7. The molecule has 5 nitrogen and oxygen atoms in total. The zero-order valence-electron chi connectivity index (χ0n) is 10.0. The maximum Gasteiger partial charge on any atom is 0.508 e. The molecular weight excluding hydrogens is 208 g/mol. The highest BCUT2D eigenvalue weighted by molar-refractivity contribution is 5.60. The molecule has 5 heteroatoms. The van der Waals surface area contributed by atoms with Gasteiger partial charge in [0.25, 0.3) is 0 Å². The third-order valence-electron chi connectivity index (χ3n) is 3.41. The van der Waals surface area contributed by atoms with E-state index in [0.717, 1.165) is 32.7 Å². The summed E-state index contributed by atoms with van der Waals surface area (Å²) in [7, 11) is 0. The molecule has 0 aromatic heterocycles. The number of piperazine rings is 3. The van der Waals surface area contributed by atoms with Crippen LogP contribution in [0.5, 0.6) is 0 Å². The summed E-state index contributed by atoms with van der Waals surface area (Å²) in [6.45, 7) is 9.55. The lowest BCUT2D eigenvalue weighted by Gasteiger charge is -2.48. The lowest BCUT2D eigenvalue weighted by Crippen LogP contribution is -2.64. The summed E-state index contributed by atoms with van der Waals surface area (Å²) in [6, 6.07) is 0.326. The van der Waals surface area contributed by atoms with Gasteiger partial charge in [0.1, 0.15) is 6.10 Å². The van der Waals surface area contributed by atoms with Crippen molar-refractivity contribution in [3.8, 4) is 0 Å². The van der Waals surface area contributed by atoms with Crippen molar-refractivity contribution < 1.29 is 14.3 Å². The lowest BCUT2D eigenvalue weighted by molar-refractivity contribution is -0.0589. The molecule has 3 aliphatic rings. The van der Waals surface area contributed by atoms with Gasteiger partial charge in [-0.2, -0.15) is 0 Å². The van der Waals surface area contributed by atoms with E-state index in [9.17, 15) is 4.79 Å². The Morgan fingerprint density at radius 2 is 2.06 bits per heavy atom. The molecule has 0 spiro atoms.